The summed E-state index contributed by atoms with van der Waals surface area (Å²) in [5.74, 6) is -1.08. The summed E-state index contributed by atoms with van der Waals surface area (Å²) in [6.07, 6.45) is 1.83. The second kappa shape index (κ2) is 4.03. The van der Waals surface area contributed by atoms with Gasteiger partial charge >= 0.3 is 5.97 Å². The summed E-state index contributed by atoms with van der Waals surface area (Å²) < 4.78 is 0. The lowest BCUT2D eigenvalue weighted by Crippen LogP contribution is -2.22. The van der Waals surface area contributed by atoms with E-state index in [4.69, 9.17) is 28.3 Å². The maximum absolute atomic E-state index is 10.9. The number of hydrogen-bond donors (Lipinski definition) is 1. The standard InChI is InChI=1S/C11H10Cl2O2/c12-9-3-4-10(13)8-5-6(11(14)15)1-2-7(8)9/h3-4,6H,1-2,5H2,(H,14,15). The van der Waals surface area contributed by atoms with Crippen molar-refractivity contribution >= 4 is 29.2 Å². The number of benzene rings is 1. The number of carboxylic acid groups (broad SMARTS) is 1. The van der Waals surface area contributed by atoms with Gasteiger partial charge in [0, 0.05) is 10.0 Å². The van der Waals surface area contributed by atoms with Gasteiger partial charge in [-0.05, 0) is 42.5 Å². The molecule has 0 radical (unpaired) electrons. The third kappa shape index (κ3) is 1.97. The number of rotatable bonds is 1. The number of halogens is 2. The SMILES string of the molecule is O=C(O)C1CCc2c(Cl)ccc(Cl)c2C1. The van der Waals surface area contributed by atoms with Crippen LogP contribution < -0.4 is 0 Å². The minimum absolute atomic E-state index is 0.325. The molecule has 2 rings (SSSR count). The van der Waals surface area contributed by atoms with Crippen LogP contribution in [0.25, 0.3) is 0 Å². The first-order valence-electron chi connectivity index (χ1n) is 4.78. The van der Waals surface area contributed by atoms with Gasteiger partial charge in [0.15, 0.2) is 0 Å². The molecule has 1 aliphatic carbocycles. The summed E-state index contributed by atoms with van der Waals surface area (Å²) in [7, 11) is 0. The summed E-state index contributed by atoms with van der Waals surface area (Å²) in [5.41, 5.74) is 1.92. The van der Waals surface area contributed by atoms with E-state index in [1.807, 2.05) is 0 Å². The molecular weight excluding hydrogens is 235 g/mol. The molecule has 1 N–H and O–H groups in total. The van der Waals surface area contributed by atoms with Crippen LogP contribution in [-0.4, -0.2) is 11.1 Å². The van der Waals surface area contributed by atoms with Crippen LogP contribution in [0.1, 0.15) is 17.5 Å². The van der Waals surface area contributed by atoms with Crippen LogP contribution in [0.15, 0.2) is 12.1 Å². The highest BCUT2D eigenvalue weighted by Crippen LogP contribution is 2.35. The third-order valence-corrected chi connectivity index (χ3v) is 3.57. The molecule has 1 aromatic carbocycles. The average Bonchev–Trinajstić information content (AvgIpc) is 2.23. The Balaban J connectivity index is 2.41. The molecule has 0 bridgehead atoms. The Kier molecular flexibility index (Phi) is 2.89. The quantitative estimate of drug-likeness (QED) is 0.824. The number of aliphatic carboxylic acids is 1. The molecule has 80 valence electrons. The van der Waals surface area contributed by atoms with E-state index in [0.717, 1.165) is 11.1 Å². The summed E-state index contributed by atoms with van der Waals surface area (Å²) in [6.45, 7) is 0. The van der Waals surface area contributed by atoms with Crippen LogP contribution >= 0.6 is 23.2 Å². The second-order valence-corrected chi connectivity index (χ2v) is 4.58. The van der Waals surface area contributed by atoms with Crippen molar-refractivity contribution in [2.75, 3.05) is 0 Å². The van der Waals surface area contributed by atoms with E-state index < -0.39 is 5.97 Å². The fraction of sp³-hybridized carbons (Fsp3) is 0.364. The first kappa shape index (κ1) is 10.8. The van der Waals surface area contributed by atoms with Crippen LogP contribution in [0.2, 0.25) is 10.0 Å². The predicted octanol–water partition coefficient (Wildman–Crippen LogP) is 3.18. The van der Waals surface area contributed by atoms with Crippen molar-refractivity contribution in [3.63, 3.8) is 0 Å². The Morgan fingerprint density at radius 2 is 1.87 bits per heavy atom. The van der Waals surface area contributed by atoms with Gasteiger partial charge in [-0.2, -0.15) is 0 Å². The van der Waals surface area contributed by atoms with Gasteiger partial charge in [0.1, 0.15) is 0 Å². The zero-order valence-electron chi connectivity index (χ0n) is 7.96. The molecule has 0 amide bonds. The third-order valence-electron chi connectivity index (χ3n) is 2.86. The van der Waals surface area contributed by atoms with E-state index >= 15 is 0 Å². The molecule has 0 fully saturated rings. The van der Waals surface area contributed by atoms with Gasteiger partial charge in [0.05, 0.1) is 5.92 Å². The fourth-order valence-electron chi connectivity index (χ4n) is 2.00. The Bertz CT molecular complexity index is 415. The fourth-order valence-corrected chi connectivity index (χ4v) is 2.53. The number of hydrogen-bond acceptors (Lipinski definition) is 1. The Morgan fingerprint density at radius 3 is 2.47 bits per heavy atom. The molecule has 15 heavy (non-hydrogen) atoms. The maximum atomic E-state index is 10.9. The van der Waals surface area contributed by atoms with Crippen LogP contribution in [0.3, 0.4) is 0 Å². The summed E-state index contributed by atoms with van der Waals surface area (Å²) in [6, 6.07) is 3.50. The van der Waals surface area contributed by atoms with Crippen LogP contribution in [0.4, 0.5) is 0 Å². The second-order valence-electron chi connectivity index (χ2n) is 3.76. The lowest BCUT2D eigenvalue weighted by atomic mass is 9.84. The highest BCUT2D eigenvalue weighted by molar-refractivity contribution is 6.34. The number of carbonyl (C=O) groups is 1. The van der Waals surface area contributed by atoms with Crippen LogP contribution in [0, 0.1) is 5.92 Å². The predicted molar refractivity (Wildman–Crippen MR) is 59.6 cm³/mol. The van der Waals surface area contributed by atoms with Gasteiger partial charge in [-0.1, -0.05) is 23.2 Å². The van der Waals surface area contributed by atoms with Crippen molar-refractivity contribution in [1.82, 2.24) is 0 Å². The lowest BCUT2D eigenvalue weighted by Gasteiger charge is -2.23. The molecule has 0 heterocycles. The normalized spacial score (nSPS) is 19.7. The highest BCUT2D eigenvalue weighted by Gasteiger charge is 2.26. The largest absolute Gasteiger partial charge is 0.481 e. The minimum Gasteiger partial charge on any atom is -0.481 e. The van der Waals surface area contributed by atoms with E-state index in [1.54, 1.807) is 12.1 Å². The molecule has 0 saturated carbocycles. The maximum Gasteiger partial charge on any atom is 0.306 e. The van der Waals surface area contributed by atoms with E-state index in [9.17, 15) is 4.79 Å². The van der Waals surface area contributed by atoms with Crippen molar-refractivity contribution in [3.8, 4) is 0 Å². The monoisotopic (exact) mass is 244 g/mol. The summed E-state index contributed by atoms with van der Waals surface area (Å²) in [4.78, 5) is 10.9. The smallest absolute Gasteiger partial charge is 0.306 e. The molecule has 1 atom stereocenters. The highest BCUT2D eigenvalue weighted by atomic mass is 35.5. The van der Waals surface area contributed by atoms with E-state index in [-0.39, 0.29) is 5.92 Å². The average molecular weight is 245 g/mol. The van der Waals surface area contributed by atoms with Crippen molar-refractivity contribution in [2.45, 2.75) is 19.3 Å². The molecule has 1 unspecified atom stereocenters. The molecule has 0 aliphatic heterocycles. The van der Waals surface area contributed by atoms with Crippen LogP contribution in [0.5, 0.6) is 0 Å². The molecule has 2 nitrogen and oxygen atoms in total. The molecule has 4 heteroatoms. The van der Waals surface area contributed by atoms with Gasteiger partial charge in [-0.3, -0.25) is 4.79 Å². The van der Waals surface area contributed by atoms with Crippen LogP contribution in [-0.2, 0) is 17.6 Å². The van der Waals surface area contributed by atoms with Crippen molar-refractivity contribution in [2.24, 2.45) is 5.92 Å². The lowest BCUT2D eigenvalue weighted by molar-refractivity contribution is -0.142. The molecule has 0 spiro atoms. The molecule has 1 aromatic rings. The first-order chi connectivity index (χ1) is 7.09. The van der Waals surface area contributed by atoms with Gasteiger partial charge in [0.2, 0.25) is 0 Å². The van der Waals surface area contributed by atoms with E-state index in [1.165, 1.54) is 0 Å². The van der Waals surface area contributed by atoms with Crippen molar-refractivity contribution in [1.29, 1.82) is 0 Å². The molecule has 1 aliphatic rings. The zero-order chi connectivity index (χ0) is 11.0. The first-order valence-corrected chi connectivity index (χ1v) is 5.53. The van der Waals surface area contributed by atoms with Gasteiger partial charge in [-0.25, -0.2) is 0 Å². The Labute approximate surface area is 97.8 Å². The Morgan fingerprint density at radius 1 is 1.27 bits per heavy atom. The number of fused-ring (bicyclic) bond motifs is 1. The van der Waals surface area contributed by atoms with E-state index in [2.05, 4.69) is 0 Å². The Hall–Kier alpha value is -0.730. The van der Waals surface area contributed by atoms with E-state index in [0.29, 0.717) is 29.3 Å². The molecule has 0 aromatic heterocycles. The summed E-state index contributed by atoms with van der Waals surface area (Å²) in [5, 5.41) is 10.3. The topological polar surface area (TPSA) is 37.3 Å². The minimum atomic E-state index is -0.753. The summed E-state index contributed by atoms with van der Waals surface area (Å²) >= 11 is 12.1. The van der Waals surface area contributed by atoms with Gasteiger partial charge in [0.25, 0.3) is 0 Å². The van der Waals surface area contributed by atoms with Crippen molar-refractivity contribution in [3.05, 3.63) is 33.3 Å². The zero-order valence-corrected chi connectivity index (χ0v) is 9.48. The number of carboxylic acids is 1. The molecular formula is C11H10Cl2O2. The van der Waals surface area contributed by atoms with Gasteiger partial charge in [-0.15, -0.1) is 0 Å². The van der Waals surface area contributed by atoms with Crippen molar-refractivity contribution < 1.29 is 9.90 Å². The van der Waals surface area contributed by atoms with Gasteiger partial charge < -0.3 is 5.11 Å². The molecule has 0 saturated heterocycles.